The van der Waals surface area contributed by atoms with E-state index in [1.165, 1.54) is 17.0 Å². The molecule has 1 aliphatic heterocycles. The summed E-state index contributed by atoms with van der Waals surface area (Å²) >= 11 is 0. The van der Waals surface area contributed by atoms with Gasteiger partial charge in [0.2, 0.25) is 0 Å². The summed E-state index contributed by atoms with van der Waals surface area (Å²) in [5.41, 5.74) is 2.41. The van der Waals surface area contributed by atoms with Gasteiger partial charge in [-0.3, -0.25) is 4.79 Å². The standard InChI is InChI=1S/C25H21F3N2O2/c1-16-6-8-17(9-7-16)25(31)30(14-18-10-11-19(26)12-23(18)28)15-20-13-24(29-32-20)21-4-2-3-5-22(21)27/h2-12,20H,13-15H2,1H3. The Hall–Kier alpha value is -3.61. The Morgan fingerprint density at radius 2 is 1.78 bits per heavy atom. The smallest absolute Gasteiger partial charge is 0.254 e. The van der Waals surface area contributed by atoms with Gasteiger partial charge in [0.05, 0.1) is 12.3 Å². The summed E-state index contributed by atoms with van der Waals surface area (Å²) in [5.74, 6) is -2.15. The minimum atomic E-state index is -0.734. The van der Waals surface area contributed by atoms with Crippen molar-refractivity contribution in [2.45, 2.75) is 26.0 Å². The molecule has 32 heavy (non-hydrogen) atoms. The van der Waals surface area contributed by atoms with Crippen LogP contribution in [0.15, 0.2) is 71.9 Å². The molecule has 1 aliphatic rings. The molecule has 0 spiro atoms. The van der Waals surface area contributed by atoms with Crippen molar-refractivity contribution < 1.29 is 22.8 Å². The average Bonchev–Trinajstić information content (AvgIpc) is 3.23. The number of aryl methyl sites for hydroxylation is 1. The summed E-state index contributed by atoms with van der Waals surface area (Å²) in [7, 11) is 0. The molecule has 0 aromatic heterocycles. The zero-order valence-corrected chi connectivity index (χ0v) is 17.4. The first kappa shape index (κ1) is 21.6. The number of carbonyl (C=O) groups is 1. The Labute approximate surface area is 183 Å². The largest absolute Gasteiger partial charge is 0.390 e. The minimum absolute atomic E-state index is 0.0757. The highest BCUT2D eigenvalue weighted by Crippen LogP contribution is 2.22. The molecule has 0 N–H and O–H groups in total. The third-order valence-electron chi connectivity index (χ3n) is 5.30. The van der Waals surface area contributed by atoms with Gasteiger partial charge in [-0.05, 0) is 31.2 Å². The molecule has 164 valence electrons. The molecule has 0 saturated carbocycles. The van der Waals surface area contributed by atoms with Gasteiger partial charge in [0, 0.05) is 35.7 Å². The number of nitrogens with zero attached hydrogens (tertiary/aromatic N) is 2. The lowest BCUT2D eigenvalue weighted by Gasteiger charge is -2.25. The van der Waals surface area contributed by atoms with E-state index in [-0.39, 0.29) is 24.6 Å². The lowest BCUT2D eigenvalue weighted by molar-refractivity contribution is 0.0403. The first-order valence-electron chi connectivity index (χ1n) is 10.2. The van der Waals surface area contributed by atoms with Gasteiger partial charge in [0.25, 0.3) is 5.91 Å². The lowest BCUT2D eigenvalue weighted by atomic mass is 10.0. The number of carbonyl (C=O) groups excluding carboxylic acids is 1. The van der Waals surface area contributed by atoms with Crippen LogP contribution in [-0.4, -0.2) is 29.2 Å². The summed E-state index contributed by atoms with van der Waals surface area (Å²) < 4.78 is 41.7. The molecule has 4 nitrogen and oxygen atoms in total. The van der Waals surface area contributed by atoms with Crippen LogP contribution in [-0.2, 0) is 11.4 Å². The lowest BCUT2D eigenvalue weighted by Crippen LogP contribution is -2.37. The Morgan fingerprint density at radius 3 is 2.50 bits per heavy atom. The van der Waals surface area contributed by atoms with E-state index in [9.17, 15) is 18.0 Å². The number of hydrogen-bond acceptors (Lipinski definition) is 3. The second kappa shape index (κ2) is 9.26. The predicted octanol–water partition coefficient (Wildman–Crippen LogP) is 5.25. The molecule has 3 aromatic carbocycles. The third-order valence-corrected chi connectivity index (χ3v) is 5.30. The first-order chi connectivity index (χ1) is 15.4. The molecule has 0 radical (unpaired) electrons. The molecule has 3 aromatic rings. The summed E-state index contributed by atoms with van der Waals surface area (Å²) in [5, 5.41) is 4.00. The van der Waals surface area contributed by atoms with Gasteiger partial charge in [0.15, 0.2) is 6.10 Å². The van der Waals surface area contributed by atoms with Gasteiger partial charge >= 0.3 is 0 Å². The van der Waals surface area contributed by atoms with Crippen molar-refractivity contribution in [1.29, 1.82) is 0 Å². The van der Waals surface area contributed by atoms with Gasteiger partial charge in [-0.15, -0.1) is 0 Å². The van der Waals surface area contributed by atoms with Gasteiger partial charge in [-0.1, -0.05) is 47.1 Å². The van der Waals surface area contributed by atoms with Gasteiger partial charge in [-0.25, -0.2) is 13.2 Å². The maximum absolute atomic E-state index is 14.3. The fourth-order valence-corrected chi connectivity index (χ4v) is 3.58. The predicted molar refractivity (Wildman–Crippen MR) is 115 cm³/mol. The number of hydrogen-bond donors (Lipinski definition) is 0. The number of rotatable bonds is 6. The Kier molecular flexibility index (Phi) is 6.25. The van der Waals surface area contributed by atoms with Gasteiger partial charge in [0.1, 0.15) is 17.5 Å². The topological polar surface area (TPSA) is 41.9 Å². The van der Waals surface area contributed by atoms with Crippen LogP contribution in [0.2, 0.25) is 0 Å². The van der Waals surface area contributed by atoms with Crippen LogP contribution in [0.4, 0.5) is 13.2 Å². The zero-order valence-electron chi connectivity index (χ0n) is 17.4. The average molecular weight is 438 g/mol. The summed E-state index contributed by atoms with van der Waals surface area (Å²) in [6.07, 6.45) is -0.229. The number of halogens is 3. The molecular formula is C25H21F3N2O2. The molecule has 4 rings (SSSR count). The van der Waals surface area contributed by atoms with Crippen molar-refractivity contribution in [3.8, 4) is 0 Å². The van der Waals surface area contributed by atoms with E-state index < -0.39 is 23.6 Å². The van der Waals surface area contributed by atoms with Crippen LogP contribution in [0, 0.1) is 24.4 Å². The van der Waals surface area contributed by atoms with Crippen LogP contribution in [0.5, 0.6) is 0 Å². The van der Waals surface area contributed by atoms with E-state index >= 15 is 0 Å². The molecule has 0 bridgehead atoms. The second-order valence-corrected chi connectivity index (χ2v) is 7.74. The highest BCUT2D eigenvalue weighted by Gasteiger charge is 2.29. The molecule has 7 heteroatoms. The maximum atomic E-state index is 14.3. The highest BCUT2D eigenvalue weighted by molar-refractivity contribution is 6.01. The second-order valence-electron chi connectivity index (χ2n) is 7.74. The van der Waals surface area contributed by atoms with E-state index in [0.717, 1.165) is 17.7 Å². The van der Waals surface area contributed by atoms with Crippen LogP contribution in [0.1, 0.15) is 33.5 Å². The monoisotopic (exact) mass is 438 g/mol. The number of amides is 1. The number of oxime groups is 1. The summed E-state index contributed by atoms with van der Waals surface area (Å²) in [4.78, 5) is 20.1. The quantitative estimate of drug-likeness (QED) is 0.528. The van der Waals surface area contributed by atoms with Crippen LogP contribution >= 0.6 is 0 Å². The van der Waals surface area contributed by atoms with Crippen molar-refractivity contribution in [3.05, 3.63) is 106 Å². The minimum Gasteiger partial charge on any atom is -0.390 e. The van der Waals surface area contributed by atoms with Crippen LogP contribution in [0.3, 0.4) is 0 Å². The van der Waals surface area contributed by atoms with Crippen LogP contribution < -0.4 is 0 Å². The SMILES string of the molecule is Cc1ccc(C(=O)N(Cc2ccc(F)cc2F)CC2CC(c3ccccc3F)=NO2)cc1. The molecule has 0 fully saturated rings. The Bertz CT molecular complexity index is 1160. The van der Waals surface area contributed by atoms with E-state index in [0.29, 0.717) is 23.3 Å². The van der Waals surface area contributed by atoms with Crippen molar-refractivity contribution in [2.24, 2.45) is 5.16 Å². The molecule has 0 aliphatic carbocycles. The van der Waals surface area contributed by atoms with Gasteiger partial charge in [-0.2, -0.15) is 0 Å². The third kappa shape index (κ3) is 4.82. The number of benzene rings is 3. The van der Waals surface area contributed by atoms with Gasteiger partial charge < -0.3 is 9.74 Å². The fraction of sp³-hybridized carbons (Fsp3) is 0.200. The molecule has 1 atom stereocenters. The van der Waals surface area contributed by atoms with E-state index in [1.54, 1.807) is 30.3 Å². The van der Waals surface area contributed by atoms with E-state index in [2.05, 4.69) is 5.16 Å². The fourth-order valence-electron chi connectivity index (χ4n) is 3.58. The highest BCUT2D eigenvalue weighted by atomic mass is 19.1. The van der Waals surface area contributed by atoms with Crippen molar-refractivity contribution >= 4 is 11.6 Å². The van der Waals surface area contributed by atoms with E-state index in [4.69, 9.17) is 4.84 Å². The molecule has 1 amide bonds. The zero-order chi connectivity index (χ0) is 22.7. The van der Waals surface area contributed by atoms with Crippen molar-refractivity contribution in [3.63, 3.8) is 0 Å². The van der Waals surface area contributed by atoms with Crippen molar-refractivity contribution in [1.82, 2.24) is 4.90 Å². The molecule has 1 heterocycles. The molecular weight excluding hydrogens is 417 g/mol. The summed E-state index contributed by atoms with van der Waals surface area (Å²) in [6.45, 7) is 1.94. The maximum Gasteiger partial charge on any atom is 0.254 e. The Morgan fingerprint density at radius 1 is 1.03 bits per heavy atom. The molecule has 1 unspecified atom stereocenters. The van der Waals surface area contributed by atoms with Crippen LogP contribution in [0.25, 0.3) is 0 Å². The van der Waals surface area contributed by atoms with E-state index in [1.807, 2.05) is 19.1 Å². The first-order valence-corrected chi connectivity index (χ1v) is 10.2. The van der Waals surface area contributed by atoms with Crippen molar-refractivity contribution in [2.75, 3.05) is 6.54 Å². The molecule has 0 saturated heterocycles. The normalized spacial score (nSPS) is 15.2. The Balaban J connectivity index is 1.54. The summed E-state index contributed by atoms with van der Waals surface area (Å²) in [6, 6.07) is 16.5.